The Balaban J connectivity index is 1.76. The van der Waals surface area contributed by atoms with Crippen LogP contribution in [0.4, 0.5) is 5.69 Å². The Morgan fingerprint density at radius 1 is 1.15 bits per heavy atom. The van der Waals surface area contributed by atoms with Crippen molar-refractivity contribution in [2.75, 3.05) is 5.32 Å². The van der Waals surface area contributed by atoms with Crippen molar-refractivity contribution in [3.8, 4) is 0 Å². The third-order valence-corrected chi connectivity index (χ3v) is 3.35. The second-order valence-corrected chi connectivity index (χ2v) is 5.35. The average molecular weight is 270 g/mol. The quantitative estimate of drug-likeness (QED) is 0.844. The van der Waals surface area contributed by atoms with Crippen molar-refractivity contribution in [1.29, 1.82) is 0 Å². The van der Waals surface area contributed by atoms with Crippen molar-refractivity contribution in [2.45, 2.75) is 39.2 Å². The zero-order chi connectivity index (χ0) is 14.4. The van der Waals surface area contributed by atoms with Gasteiger partial charge in [0.2, 0.25) is 5.91 Å². The van der Waals surface area contributed by atoms with Crippen LogP contribution >= 0.6 is 0 Å². The summed E-state index contributed by atoms with van der Waals surface area (Å²) in [6, 6.07) is 12.1. The van der Waals surface area contributed by atoms with E-state index in [0.717, 1.165) is 18.7 Å². The first-order valence-corrected chi connectivity index (χ1v) is 7.16. The number of amides is 1. The maximum absolute atomic E-state index is 11.8. The molecular weight excluding hydrogens is 248 g/mol. The number of rotatable bonds is 6. The molecule has 20 heavy (non-hydrogen) atoms. The van der Waals surface area contributed by atoms with Crippen LogP contribution in [0.3, 0.4) is 0 Å². The monoisotopic (exact) mass is 270 g/mol. The number of benzene rings is 1. The first kappa shape index (κ1) is 14.4. The average Bonchev–Trinajstić information content (AvgIpc) is 2.92. The molecule has 1 heterocycles. The molecule has 3 nitrogen and oxygen atoms in total. The van der Waals surface area contributed by atoms with Gasteiger partial charge in [-0.25, -0.2) is 0 Å². The molecule has 106 valence electrons. The summed E-state index contributed by atoms with van der Waals surface area (Å²) in [7, 11) is 0. The van der Waals surface area contributed by atoms with Crippen LogP contribution in [0.1, 0.15) is 38.2 Å². The van der Waals surface area contributed by atoms with Gasteiger partial charge in [-0.05, 0) is 42.2 Å². The third kappa shape index (κ3) is 4.26. The molecule has 0 saturated carbocycles. The highest BCUT2D eigenvalue weighted by Gasteiger charge is 2.03. The summed E-state index contributed by atoms with van der Waals surface area (Å²) in [5.74, 6) is 0.593. The van der Waals surface area contributed by atoms with Gasteiger partial charge in [-0.15, -0.1) is 0 Å². The highest BCUT2D eigenvalue weighted by molar-refractivity contribution is 5.90. The lowest BCUT2D eigenvalue weighted by Gasteiger charge is -2.08. The number of nitrogens with zero attached hydrogens (tertiary/aromatic N) is 1. The summed E-state index contributed by atoms with van der Waals surface area (Å²) in [4.78, 5) is 11.8. The largest absolute Gasteiger partial charge is 0.354 e. The number of nitrogens with one attached hydrogen (secondary N) is 1. The standard InChI is InChI=1S/C17H22N2O/c1-14(2)15-7-9-16(10-8-15)18-17(20)6-5-13-19-11-3-4-12-19/h3-4,7-12,14H,5-6,13H2,1-2H3,(H,18,20). The van der Waals surface area contributed by atoms with Gasteiger partial charge < -0.3 is 9.88 Å². The Labute approximate surface area is 120 Å². The van der Waals surface area contributed by atoms with Gasteiger partial charge in [0.05, 0.1) is 0 Å². The van der Waals surface area contributed by atoms with Crippen LogP contribution in [0, 0.1) is 0 Å². The van der Waals surface area contributed by atoms with Gasteiger partial charge in [-0.2, -0.15) is 0 Å². The molecule has 0 saturated heterocycles. The van der Waals surface area contributed by atoms with Gasteiger partial charge in [0.1, 0.15) is 0 Å². The van der Waals surface area contributed by atoms with Crippen molar-refractivity contribution < 1.29 is 4.79 Å². The number of hydrogen-bond acceptors (Lipinski definition) is 1. The Hall–Kier alpha value is -2.03. The Kier molecular flexibility index (Phi) is 4.99. The topological polar surface area (TPSA) is 34.0 Å². The summed E-state index contributed by atoms with van der Waals surface area (Å²) in [5, 5.41) is 2.94. The number of hydrogen-bond donors (Lipinski definition) is 1. The van der Waals surface area contributed by atoms with E-state index in [1.807, 2.05) is 36.7 Å². The van der Waals surface area contributed by atoms with Crippen molar-refractivity contribution in [1.82, 2.24) is 4.57 Å². The number of carbonyl (C=O) groups excluding carboxylic acids is 1. The predicted octanol–water partition coefficient (Wildman–Crippen LogP) is 4.03. The molecule has 0 fully saturated rings. The summed E-state index contributed by atoms with van der Waals surface area (Å²) >= 11 is 0. The maximum Gasteiger partial charge on any atom is 0.224 e. The van der Waals surface area contributed by atoms with E-state index in [9.17, 15) is 4.79 Å². The molecule has 0 aliphatic rings. The molecule has 0 aliphatic carbocycles. The van der Waals surface area contributed by atoms with Crippen molar-refractivity contribution in [3.05, 3.63) is 54.4 Å². The number of aryl methyl sites for hydroxylation is 1. The fourth-order valence-electron chi connectivity index (χ4n) is 2.12. The maximum atomic E-state index is 11.8. The Morgan fingerprint density at radius 3 is 2.40 bits per heavy atom. The second-order valence-electron chi connectivity index (χ2n) is 5.35. The van der Waals surface area contributed by atoms with E-state index >= 15 is 0 Å². The molecule has 1 N–H and O–H groups in total. The van der Waals surface area contributed by atoms with E-state index in [4.69, 9.17) is 0 Å². The molecule has 0 atom stereocenters. The van der Waals surface area contributed by atoms with Gasteiger partial charge in [0, 0.05) is 31.0 Å². The summed E-state index contributed by atoms with van der Waals surface area (Å²) < 4.78 is 2.09. The minimum absolute atomic E-state index is 0.0782. The Morgan fingerprint density at radius 2 is 1.80 bits per heavy atom. The van der Waals surface area contributed by atoms with Crippen LogP contribution in [0.15, 0.2) is 48.8 Å². The van der Waals surface area contributed by atoms with Crippen LogP contribution in [-0.2, 0) is 11.3 Å². The minimum Gasteiger partial charge on any atom is -0.354 e. The molecule has 0 aliphatic heterocycles. The van der Waals surface area contributed by atoms with Crippen LogP contribution < -0.4 is 5.32 Å². The third-order valence-electron chi connectivity index (χ3n) is 3.35. The molecule has 2 rings (SSSR count). The fourth-order valence-corrected chi connectivity index (χ4v) is 2.12. The number of anilines is 1. The molecule has 1 aromatic heterocycles. The molecule has 0 bridgehead atoms. The number of aromatic nitrogens is 1. The van der Waals surface area contributed by atoms with Crippen molar-refractivity contribution in [2.24, 2.45) is 0 Å². The van der Waals surface area contributed by atoms with E-state index in [1.165, 1.54) is 5.56 Å². The van der Waals surface area contributed by atoms with Gasteiger partial charge in [0.25, 0.3) is 0 Å². The van der Waals surface area contributed by atoms with E-state index < -0.39 is 0 Å². The van der Waals surface area contributed by atoms with Crippen LogP contribution in [-0.4, -0.2) is 10.5 Å². The summed E-state index contributed by atoms with van der Waals surface area (Å²) in [6.07, 6.45) is 5.43. The summed E-state index contributed by atoms with van der Waals surface area (Å²) in [5.41, 5.74) is 2.16. The van der Waals surface area contributed by atoms with Crippen molar-refractivity contribution in [3.63, 3.8) is 0 Å². The molecule has 1 aromatic carbocycles. The lowest BCUT2D eigenvalue weighted by Crippen LogP contribution is -2.12. The van der Waals surface area contributed by atoms with E-state index in [0.29, 0.717) is 12.3 Å². The van der Waals surface area contributed by atoms with E-state index in [-0.39, 0.29) is 5.91 Å². The second kappa shape index (κ2) is 6.94. The van der Waals surface area contributed by atoms with Crippen LogP contribution in [0.25, 0.3) is 0 Å². The Bertz CT molecular complexity index is 527. The lowest BCUT2D eigenvalue weighted by molar-refractivity contribution is -0.116. The molecule has 0 spiro atoms. The molecule has 2 aromatic rings. The lowest BCUT2D eigenvalue weighted by atomic mass is 10.0. The smallest absolute Gasteiger partial charge is 0.224 e. The van der Waals surface area contributed by atoms with Crippen LogP contribution in [0.2, 0.25) is 0 Å². The summed E-state index contributed by atoms with van der Waals surface area (Å²) in [6.45, 7) is 5.20. The van der Waals surface area contributed by atoms with Gasteiger partial charge in [0.15, 0.2) is 0 Å². The van der Waals surface area contributed by atoms with Gasteiger partial charge in [-0.3, -0.25) is 4.79 Å². The normalized spacial score (nSPS) is 10.8. The predicted molar refractivity (Wildman–Crippen MR) is 82.8 cm³/mol. The fraction of sp³-hybridized carbons (Fsp3) is 0.353. The molecular formula is C17H22N2O. The highest BCUT2D eigenvalue weighted by atomic mass is 16.1. The number of carbonyl (C=O) groups is 1. The van der Waals surface area contributed by atoms with Crippen LogP contribution in [0.5, 0.6) is 0 Å². The molecule has 3 heteroatoms. The van der Waals surface area contributed by atoms with E-state index in [1.54, 1.807) is 0 Å². The first-order valence-electron chi connectivity index (χ1n) is 7.16. The molecule has 0 radical (unpaired) electrons. The zero-order valence-corrected chi connectivity index (χ0v) is 12.2. The highest BCUT2D eigenvalue weighted by Crippen LogP contribution is 2.17. The zero-order valence-electron chi connectivity index (χ0n) is 12.2. The van der Waals surface area contributed by atoms with Gasteiger partial charge in [-0.1, -0.05) is 26.0 Å². The van der Waals surface area contributed by atoms with Crippen molar-refractivity contribution >= 4 is 11.6 Å². The van der Waals surface area contributed by atoms with Gasteiger partial charge >= 0.3 is 0 Å². The first-order chi connectivity index (χ1) is 9.65. The molecule has 1 amide bonds. The van der Waals surface area contributed by atoms with E-state index in [2.05, 4.69) is 35.9 Å². The minimum atomic E-state index is 0.0782. The SMILES string of the molecule is CC(C)c1ccc(NC(=O)CCCn2cccc2)cc1. The molecule has 0 unspecified atom stereocenters.